The van der Waals surface area contributed by atoms with Crippen LogP contribution in [0.15, 0.2) is 12.2 Å². The van der Waals surface area contributed by atoms with E-state index >= 15 is 0 Å². The van der Waals surface area contributed by atoms with E-state index in [4.69, 9.17) is 18.9 Å². The Balaban J connectivity index is 2.21. The van der Waals surface area contributed by atoms with Crippen LogP contribution in [0.3, 0.4) is 0 Å². The molecule has 1 fully saturated rings. The number of aliphatic hydroxyl groups excluding tert-OH is 4. The van der Waals surface area contributed by atoms with Gasteiger partial charge in [-0.15, -0.1) is 0 Å². The van der Waals surface area contributed by atoms with Crippen LogP contribution in [0.25, 0.3) is 0 Å². The van der Waals surface area contributed by atoms with Crippen LogP contribution in [0.5, 0.6) is 0 Å². The molecule has 6 unspecified atom stereocenters. The fraction of sp³-hybridized carbons (Fsp3) is 0.875. The van der Waals surface area contributed by atoms with Crippen LogP contribution in [0.2, 0.25) is 0 Å². The Morgan fingerprint density at radius 3 is 1.88 bits per heavy atom. The first kappa shape index (κ1) is 38.5. The normalized spacial score (nSPS) is 23.2. The number of carbonyl (C=O) groups is 2. The summed E-state index contributed by atoms with van der Waals surface area (Å²) in [5.74, 6) is -0.911. The summed E-state index contributed by atoms with van der Waals surface area (Å²) in [6, 6.07) is 0. The molecule has 0 saturated carbocycles. The second kappa shape index (κ2) is 24.8. The van der Waals surface area contributed by atoms with Crippen molar-refractivity contribution in [3.05, 3.63) is 12.2 Å². The molecule has 0 aromatic carbocycles. The molecule has 1 aliphatic rings. The molecule has 0 spiro atoms. The third-order valence-electron chi connectivity index (χ3n) is 7.45. The van der Waals surface area contributed by atoms with Crippen LogP contribution >= 0.6 is 0 Å². The van der Waals surface area contributed by atoms with Crippen LogP contribution in [-0.2, 0) is 28.5 Å². The van der Waals surface area contributed by atoms with Crippen molar-refractivity contribution in [2.24, 2.45) is 0 Å². The van der Waals surface area contributed by atoms with Crippen molar-refractivity contribution >= 4 is 11.9 Å². The third-order valence-corrected chi connectivity index (χ3v) is 7.45. The molecule has 0 bridgehead atoms. The Labute approximate surface area is 252 Å². The second-order valence-corrected chi connectivity index (χ2v) is 11.2. The molecular formula is C32H58O10. The van der Waals surface area contributed by atoms with Gasteiger partial charge in [0.05, 0.1) is 13.2 Å². The number of carbonyl (C=O) groups excluding carboxylic acids is 2. The van der Waals surface area contributed by atoms with Gasteiger partial charge in [-0.25, -0.2) is 0 Å². The van der Waals surface area contributed by atoms with E-state index in [9.17, 15) is 30.0 Å². The Kier molecular flexibility index (Phi) is 22.7. The third kappa shape index (κ3) is 17.5. The average molecular weight is 603 g/mol. The first-order chi connectivity index (χ1) is 20.3. The van der Waals surface area contributed by atoms with Crippen molar-refractivity contribution in [2.45, 2.75) is 160 Å². The van der Waals surface area contributed by atoms with Gasteiger partial charge in [0.1, 0.15) is 31.0 Å². The number of unbranched alkanes of at least 4 members (excludes halogenated alkanes) is 13. The van der Waals surface area contributed by atoms with Crippen LogP contribution in [-0.4, -0.2) is 89.0 Å². The first-order valence-corrected chi connectivity index (χ1v) is 16.3. The first-order valence-electron chi connectivity index (χ1n) is 16.3. The fourth-order valence-electron chi connectivity index (χ4n) is 4.75. The number of esters is 2. The zero-order valence-electron chi connectivity index (χ0n) is 26.0. The second-order valence-electron chi connectivity index (χ2n) is 11.2. The highest BCUT2D eigenvalue weighted by atomic mass is 16.7. The maximum Gasteiger partial charge on any atom is 0.306 e. The van der Waals surface area contributed by atoms with E-state index in [-0.39, 0.29) is 26.1 Å². The van der Waals surface area contributed by atoms with E-state index in [2.05, 4.69) is 19.1 Å². The highest BCUT2D eigenvalue weighted by Crippen LogP contribution is 2.22. The van der Waals surface area contributed by atoms with Gasteiger partial charge in [0.15, 0.2) is 12.4 Å². The molecule has 1 aliphatic heterocycles. The van der Waals surface area contributed by atoms with E-state index in [1.165, 1.54) is 64.2 Å². The topological polar surface area (TPSA) is 152 Å². The predicted octanol–water partition coefficient (Wildman–Crippen LogP) is 4.49. The van der Waals surface area contributed by atoms with Crippen molar-refractivity contribution in [1.29, 1.82) is 0 Å². The maximum atomic E-state index is 12.4. The van der Waals surface area contributed by atoms with Gasteiger partial charge >= 0.3 is 11.9 Å². The van der Waals surface area contributed by atoms with Gasteiger partial charge in [0.2, 0.25) is 0 Å². The SMILES string of the molecule is CCCCCCCC/C=C\CCCCCCCCCC(=O)OC(COC(=O)CC)COC1OC(CO)C(O)C(O)C1O. The highest BCUT2D eigenvalue weighted by Gasteiger charge is 2.44. The smallest absolute Gasteiger partial charge is 0.306 e. The van der Waals surface area contributed by atoms with Crippen LogP contribution in [0.4, 0.5) is 0 Å². The lowest BCUT2D eigenvalue weighted by Gasteiger charge is -2.39. The Morgan fingerprint density at radius 2 is 1.31 bits per heavy atom. The van der Waals surface area contributed by atoms with Crippen LogP contribution in [0.1, 0.15) is 123 Å². The summed E-state index contributed by atoms with van der Waals surface area (Å²) in [5.41, 5.74) is 0. The van der Waals surface area contributed by atoms with Gasteiger partial charge in [-0.1, -0.05) is 90.2 Å². The molecule has 1 heterocycles. The summed E-state index contributed by atoms with van der Waals surface area (Å²) in [7, 11) is 0. The number of hydrogen-bond acceptors (Lipinski definition) is 10. The minimum atomic E-state index is -1.59. The summed E-state index contributed by atoms with van der Waals surface area (Å²) in [6.07, 6.45) is 14.7. The molecule has 0 amide bonds. The fourth-order valence-corrected chi connectivity index (χ4v) is 4.75. The Bertz CT molecular complexity index is 713. The summed E-state index contributed by atoms with van der Waals surface area (Å²) >= 11 is 0. The maximum absolute atomic E-state index is 12.4. The van der Waals surface area contributed by atoms with E-state index in [0.29, 0.717) is 6.42 Å². The summed E-state index contributed by atoms with van der Waals surface area (Å²) in [6.45, 7) is 2.79. The summed E-state index contributed by atoms with van der Waals surface area (Å²) in [4.78, 5) is 24.0. The monoisotopic (exact) mass is 602 g/mol. The van der Waals surface area contributed by atoms with Gasteiger partial charge in [-0.05, 0) is 32.1 Å². The number of aliphatic hydroxyl groups is 4. The average Bonchev–Trinajstić information content (AvgIpc) is 2.99. The molecule has 0 aliphatic carbocycles. The minimum Gasteiger partial charge on any atom is -0.462 e. The minimum absolute atomic E-state index is 0.157. The van der Waals surface area contributed by atoms with Gasteiger partial charge < -0.3 is 39.4 Å². The number of allylic oxidation sites excluding steroid dienone is 2. The lowest BCUT2D eigenvalue weighted by Crippen LogP contribution is -2.59. The van der Waals surface area contributed by atoms with Crippen molar-refractivity contribution in [3.8, 4) is 0 Å². The van der Waals surface area contributed by atoms with Crippen LogP contribution in [0, 0.1) is 0 Å². The van der Waals surface area contributed by atoms with E-state index in [1.807, 2.05) is 0 Å². The lowest BCUT2D eigenvalue weighted by atomic mass is 9.99. The van der Waals surface area contributed by atoms with Gasteiger partial charge in [0.25, 0.3) is 0 Å². The summed E-state index contributed by atoms with van der Waals surface area (Å²) < 4.78 is 21.4. The number of hydrogen-bond donors (Lipinski definition) is 4. The quantitative estimate of drug-likeness (QED) is 0.0668. The molecule has 0 radical (unpaired) electrons. The molecule has 10 nitrogen and oxygen atoms in total. The van der Waals surface area contributed by atoms with Crippen molar-refractivity contribution in [1.82, 2.24) is 0 Å². The zero-order chi connectivity index (χ0) is 31.0. The lowest BCUT2D eigenvalue weighted by molar-refractivity contribution is -0.305. The van der Waals surface area contributed by atoms with Gasteiger partial charge in [0, 0.05) is 12.8 Å². The Hall–Kier alpha value is -1.56. The van der Waals surface area contributed by atoms with E-state index in [0.717, 1.165) is 25.7 Å². The molecule has 4 N–H and O–H groups in total. The molecule has 0 aromatic heterocycles. The molecule has 0 aromatic rings. The van der Waals surface area contributed by atoms with Gasteiger partial charge in [-0.3, -0.25) is 9.59 Å². The molecular weight excluding hydrogens is 544 g/mol. The number of rotatable bonds is 25. The standard InChI is InChI=1S/C32H58O10/c1-3-5-6-7-8-9-10-11-12-13-14-15-16-17-18-19-20-21-28(35)41-25(23-39-27(34)4-2)24-40-32-31(38)30(37)29(36)26(22-33)42-32/h11-12,25-26,29-33,36-38H,3-10,13-24H2,1-2H3/b12-11-. The predicted molar refractivity (Wildman–Crippen MR) is 160 cm³/mol. The number of ether oxygens (including phenoxy) is 4. The Morgan fingerprint density at radius 1 is 0.738 bits per heavy atom. The van der Waals surface area contributed by atoms with Crippen molar-refractivity contribution in [2.75, 3.05) is 19.8 Å². The molecule has 6 atom stereocenters. The van der Waals surface area contributed by atoms with E-state index in [1.54, 1.807) is 6.92 Å². The van der Waals surface area contributed by atoms with Gasteiger partial charge in [-0.2, -0.15) is 0 Å². The summed E-state index contributed by atoms with van der Waals surface area (Å²) in [5, 5.41) is 39.3. The van der Waals surface area contributed by atoms with Crippen molar-refractivity contribution < 1.29 is 49.0 Å². The molecule has 246 valence electrons. The van der Waals surface area contributed by atoms with Crippen LogP contribution < -0.4 is 0 Å². The van der Waals surface area contributed by atoms with Crippen molar-refractivity contribution in [3.63, 3.8) is 0 Å². The zero-order valence-corrected chi connectivity index (χ0v) is 26.0. The molecule has 42 heavy (non-hydrogen) atoms. The largest absolute Gasteiger partial charge is 0.462 e. The highest BCUT2D eigenvalue weighted by molar-refractivity contribution is 5.70. The molecule has 10 heteroatoms. The molecule has 1 rings (SSSR count). The van der Waals surface area contributed by atoms with E-state index < -0.39 is 55.4 Å². The molecule has 1 saturated heterocycles.